The fourth-order valence-corrected chi connectivity index (χ4v) is 2.59. The molecule has 0 fully saturated rings. The average molecular weight is 363 g/mol. The van der Waals surface area contributed by atoms with Crippen molar-refractivity contribution < 1.29 is 4.79 Å². The molecule has 0 bridgehead atoms. The van der Waals surface area contributed by atoms with E-state index in [1.165, 1.54) is 0 Å². The summed E-state index contributed by atoms with van der Waals surface area (Å²) in [6.45, 7) is 1.06. The van der Waals surface area contributed by atoms with E-state index in [-0.39, 0.29) is 22.8 Å². The molecule has 3 N–H and O–H groups in total. The van der Waals surface area contributed by atoms with Crippen LogP contribution >= 0.6 is 24.2 Å². The molecule has 2 aromatic heterocycles. The first kappa shape index (κ1) is 16.5. The average Bonchev–Trinajstić information content (AvgIpc) is 2.97. The number of thiol groups is 1. The Labute approximate surface area is 148 Å². The number of hydrogen-bond donors (Lipinski definition) is 3. The highest BCUT2D eigenvalue weighted by Crippen LogP contribution is 2.20. The minimum absolute atomic E-state index is 0.0959. The predicted molar refractivity (Wildman–Crippen MR) is 96.0 cm³/mol. The van der Waals surface area contributed by atoms with Gasteiger partial charge in [0.25, 0.3) is 0 Å². The van der Waals surface area contributed by atoms with Crippen LogP contribution in [0.4, 0.5) is 5.95 Å². The topological polar surface area (TPSA) is 98.7 Å². The Kier molecular flexibility index (Phi) is 4.86. The molecule has 1 aromatic carbocycles. The normalized spacial score (nSPS) is 10.9. The fourth-order valence-electron chi connectivity index (χ4n) is 2.26. The van der Waals surface area contributed by atoms with Gasteiger partial charge in [0.15, 0.2) is 10.8 Å². The summed E-state index contributed by atoms with van der Waals surface area (Å²) in [6.07, 6.45) is 1.66. The fraction of sp³-hybridized carbons (Fsp3) is 0.200. The maximum absolute atomic E-state index is 11.2. The van der Waals surface area contributed by atoms with Crippen molar-refractivity contribution in [1.29, 1.82) is 0 Å². The lowest BCUT2D eigenvalue weighted by molar-refractivity contribution is -0.118. The number of nitrogens with one attached hydrogen (secondary N) is 1. The summed E-state index contributed by atoms with van der Waals surface area (Å²) >= 11 is 9.95. The zero-order valence-corrected chi connectivity index (χ0v) is 14.3. The first-order valence-electron chi connectivity index (χ1n) is 7.16. The van der Waals surface area contributed by atoms with E-state index in [0.29, 0.717) is 24.3 Å². The molecule has 0 unspecified atom stereocenters. The number of carbonyl (C=O) groups excluding carboxylic acids is 1. The first-order valence-corrected chi connectivity index (χ1v) is 8.17. The van der Waals surface area contributed by atoms with E-state index >= 15 is 0 Å². The van der Waals surface area contributed by atoms with Gasteiger partial charge in [-0.25, -0.2) is 4.98 Å². The third kappa shape index (κ3) is 3.60. The van der Waals surface area contributed by atoms with Gasteiger partial charge in [-0.3, -0.25) is 4.79 Å². The lowest BCUT2D eigenvalue weighted by Gasteiger charge is -2.07. The van der Waals surface area contributed by atoms with E-state index < -0.39 is 0 Å². The molecule has 3 rings (SSSR count). The quantitative estimate of drug-likeness (QED) is 0.473. The number of anilines is 1. The monoisotopic (exact) mass is 362 g/mol. The summed E-state index contributed by atoms with van der Waals surface area (Å²) in [7, 11) is 0. The van der Waals surface area contributed by atoms with Crippen LogP contribution in [-0.2, 0) is 17.9 Å². The number of rotatable bonds is 5. The van der Waals surface area contributed by atoms with Crippen LogP contribution in [0.3, 0.4) is 0 Å². The highest BCUT2D eigenvalue weighted by molar-refractivity contribution is 7.81. The van der Waals surface area contributed by atoms with Gasteiger partial charge in [0.1, 0.15) is 5.52 Å². The van der Waals surface area contributed by atoms with Crippen molar-refractivity contribution in [2.24, 2.45) is 0 Å². The number of fused-ring (bicyclic) bond motifs is 1. The van der Waals surface area contributed by atoms with Crippen LogP contribution in [0, 0.1) is 0 Å². The summed E-state index contributed by atoms with van der Waals surface area (Å²) < 4.78 is 1.86. The van der Waals surface area contributed by atoms with E-state index in [0.717, 1.165) is 11.1 Å². The Morgan fingerprint density at radius 3 is 2.67 bits per heavy atom. The number of nitrogen functional groups attached to an aromatic ring is 1. The van der Waals surface area contributed by atoms with Crippen molar-refractivity contribution in [1.82, 2.24) is 24.8 Å². The highest BCUT2D eigenvalue weighted by Gasteiger charge is 2.11. The molecular weight excluding hydrogens is 348 g/mol. The number of nitrogens with zero attached hydrogens (tertiary/aromatic N) is 4. The van der Waals surface area contributed by atoms with E-state index in [9.17, 15) is 4.79 Å². The number of halogens is 1. The van der Waals surface area contributed by atoms with Gasteiger partial charge in [-0.1, -0.05) is 35.9 Å². The Morgan fingerprint density at radius 1 is 1.25 bits per heavy atom. The molecule has 1 amide bonds. The Hall–Kier alpha value is -2.32. The van der Waals surface area contributed by atoms with Crippen molar-refractivity contribution in [3.05, 3.63) is 46.9 Å². The Bertz CT molecular complexity index is 880. The van der Waals surface area contributed by atoms with Crippen LogP contribution < -0.4 is 11.1 Å². The van der Waals surface area contributed by atoms with Crippen molar-refractivity contribution in [3.63, 3.8) is 0 Å². The molecule has 124 valence electrons. The minimum atomic E-state index is -0.0959. The number of hydrogen-bond acceptors (Lipinski definition) is 6. The van der Waals surface area contributed by atoms with E-state index in [2.05, 4.69) is 32.9 Å². The largest absolute Gasteiger partial charge is 0.368 e. The first-order chi connectivity index (χ1) is 11.6. The molecule has 0 aliphatic carbocycles. The Morgan fingerprint density at radius 2 is 1.96 bits per heavy atom. The molecule has 0 atom stereocenters. The van der Waals surface area contributed by atoms with E-state index in [1.54, 1.807) is 6.33 Å². The van der Waals surface area contributed by atoms with Crippen LogP contribution in [0.1, 0.15) is 11.1 Å². The molecule has 7 nitrogen and oxygen atoms in total. The predicted octanol–water partition coefficient (Wildman–Crippen LogP) is 1.66. The van der Waals surface area contributed by atoms with Crippen molar-refractivity contribution in [3.8, 4) is 0 Å². The summed E-state index contributed by atoms with van der Waals surface area (Å²) in [5, 5.41) is 3.02. The van der Waals surface area contributed by atoms with Gasteiger partial charge in [0.2, 0.25) is 11.9 Å². The smallest absolute Gasteiger partial charge is 0.229 e. The van der Waals surface area contributed by atoms with E-state index in [1.807, 2.05) is 28.8 Å². The zero-order chi connectivity index (χ0) is 17.1. The van der Waals surface area contributed by atoms with Crippen LogP contribution in [0.2, 0.25) is 5.15 Å². The molecule has 0 spiro atoms. The van der Waals surface area contributed by atoms with Crippen LogP contribution in [0.25, 0.3) is 11.2 Å². The molecule has 0 saturated carbocycles. The van der Waals surface area contributed by atoms with Crippen molar-refractivity contribution >= 4 is 47.2 Å². The maximum atomic E-state index is 11.2. The second-order valence-electron chi connectivity index (χ2n) is 5.17. The van der Waals surface area contributed by atoms with Crippen LogP contribution in [-0.4, -0.2) is 31.2 Å². The van der Waals surface area contributed by atoms with Gasteiger partial charge < -0.3 is 15.6 Å². The number of carbonyl (C=O) groups is 1. The number of imidazole rings is 1. The van der Waals surface area contributed by atoms with Gasteiger partial charge in [-0.2, -0.15) is 22.6 Å². The summed E-state index contributed by atoms with van der Waals surface area (Å²) in [4.78, 5) is 23.5. The van der Waals surface area contributed by atoms with Crippen LogP contribution in [0.15, 0.2) is 30.6 Å². The number of aromatic nitrogens is 4. The lowest BCUT2D eigenvalue weighted by Crippen LogP contribution is -2.23. The van der Waals surface area contributed by atoms with Crippen LogP contribution in [0.5, 0.6) is 0 Å². The highest BCUT2D eigenvalue weighted by atomic mass is 35.5. The van der Waals surface area contributed by atoms with Crippen molar-refractivity contribution in [2.75, 3.05) is 11.5 Å². The lowest BCUT2D eigenvalue weighted by atomic mass is 10.1. The molecule has 24 heavy (non-hydrogen) atoms. The SMILES string of the molecule is Nc1nc(Cl)c2ncn(Cc3ccc(CNC(=O)CS)cc3)c2n1. The molecule has 0 aliphatic heterocycles. The molecule has 0 radical (unpaired) electrons. The molecule has 3 aromatic rings. The summed E-state index contributed by atoms with van der Waals surface area (Å²) in [5.74, 6) is 0.199. The standard InChI is InChI=1S/C15H15ClN6OS/c16-13-12-14(21-15(17)20-13)22(8-19-12)6-10-3-1-9(2-4-10)5-18-11(23)7-24/h1-4,8,24H,5-7H2,(H,18,23)(H2,17,20,21). The van der Waals surface area contributed by atoms with Gasteiger partial charge in [0, 0.05) is 6.54 Å². The van der Waals surface area contributed by atoms with Gasteiger partial charge >= 0.3 is 0 Å². The number of amides is 1. The van der Waals surface area contributed by atoms with E-state index in [4.69, 9.17) is 17.3 Å². The third-order valence-corrected chi connectivity index (χ3v) is 4.00. The zero-order valence-electron chi connectivity index (χ0n) is 12.6. The molecule has 0 saturated heterocycles. The number of nitrogens with two attached hydrogens (primary N) is 1. The van der Waals surface area contributed by atoms with Gasteiger partial charge in [0.05, 0.1) is 18.6 Å². The second-order valence-corrected chi connectivity index (χ2v) is 5.84. The summed E-state index contributed by atoms with van der Waals surface area (Å²) in [5.41, 5.74) is 8.84. The number of benzene rings is 1. The van der Waals surface area contributed by atoms with Crippen molar-refractivity contribution in [2.45, 2.75) is 13.1 Å². The molecule has 9 heteroatoms. The van der Waals surface area contributed by atoms with Gasteiger partial charge in [-0.05, 0) is 11.1 Å². The van der Waals surface area contributed by atoms with Gasteiger partial charge in [-0.15, -0.1) is 0 Å². The minimum Gasteiger partial charge on any atom is -0.368 e. The third-order valence-electron chi connectivity index (χ3n) is 3.45. The molecular formula is C15H15ClN6OS. The Balaban J connectivity index is 1.76. The summed E-state index contributed by atoms with van der Waals surface area (Å²) in [6, 6.07) is 7.90. The maximum Gasteiger partial charge on any atom is 0.229 e. The molecule has 2 heterocycles. The second kappa shape index (κ2) is 7.06. The molecule has 0 aliphatic rings.